The second-order valence-electron chi connectivity index (χ2n) is 5.64. The molecule has 1 heterocycles. The van der Waals surface area contributed by atoms with Crippen LogP contribution in [0.4, 0.5) is 16.3 Å². The molecule has 1 aromatic heterocycles. The van der Waals surface area contributed by atoms with Crippen molar-refractivity contribution in [3.63, 3.8) is 0 Å². The molecule has 0 aliphatic heterocycles. The van der Waals surface area contributed by atoms with E-state index in [1.54, 1.807) is 18.3 Å². The summed E-state index contributed by atoms with van der Waals surface area (Å²) in [7, 11) is 0. The van der Waals surface area contributed by atoms with E-state index in [0.29, 0.717) is 10.8 Å². The summed E-state index contributed by atoms with van der Waals surface area (Å²) in [5.41, 5.74) is 1.04. The van der Waals surface area contributed by atoms with E-state index in [1.165, 1.54) is 0 Å². The number of carbonyl (C=O) groups is 1. The predicted octanol–water partition coefficient (Wildman–Crippen LogP) is 3.23. The van der Waals surface area contributed by atoms with Crippen LogP contribution < -0.4 is 10.6 Å². The second kappa shape index (κ2) is 6.65. The number of ether oxygens (including phenoxy) is 1. The van der Waals surface area contributed by atoms with Gasteiger partial charge in [0.25, 0.3) is 0 Å². The van der Waals surface area contributed by atoms with E-state index in [-0.39, 0.29) is 6.54 Å². The first-order valence-electron chi connectivity index (χ1n) is 6.72. The summed E-state index contributed by atoms with van der Waals surface area (Å²) in [6.45, 7) is 5.70. The highest BCUT2D eigenvalue weighted by molar-refractivity contribution is 6.30. The minimum atomic E-state index is -0.541. The van der Waals surface area contributed by atoms with E-state index in [4.69, 9.17) is 16.3 Å². The molecule has 118 valence electrons. The zero-order valence-corrected chi connectivity index (χ0v) is 13.4. The molecular weight excluding hydrogens is 306 g/mol. The van der Waals surface area contributed by atoms with Gasteiger partial charge in [-0.3, -0.25) is 5.10 Å². The van der Waals surface area contributed by atoms with Gasteiger partial charge in [-0.15, -0.1) is 5.10 Å². The first-order valence-corrected chi connectivity index (χ1v) is 7.10. The van der Waals surface area contributed by atoms with E-state index in [9.17, 15) is 4.79 Å². The number of alkyl carbamates (subject to hydrolysis) is 1. The average Bonchev–Trinajstić information content (AvgIpc) is 2.90. The molecule has 0 aliphatic rings. The molecule has 3 N–H and O–H groups in total. The SMILES string of the molecule is CC(C)(C)OC(=O)NCc1cc(Cl)ccc1Nc1c[nH]nn1. The molecule has 2 aromatic rings. The normalized spacial score (nSPS) is 11.1. The standard InChI is InChI=1S/C14H18ClN5O2/c1-14(2,3)22-13(21)16-7-9-6-10(15)4-5-11(9)18-12-8-17-20-19-12/h4-6,8H,7H2,1-3H3,(H,16,21)(H2,17,18,19,20). The Bertz CT molecular complexity index is 637. The number of amides is 1. The maximum atomic E-state index is 11.7. The van der Waals surface area contributed by atoms with Crippen LogP contribution >= 0.6 is 11.6 Å². The molecule has 8 heteroatoms. The molecule has 0 radical (unpaired) electrons. The molecule has 0 saturated heterocycles. The van der Waals surface area contributed by atoms with Crippen LogP contribution in [0.15, 0.2) is 24.4 Å². The highest BCUT2D eigenvalue weighted by Crippen LogP contribution is 2.23. The third-order valence-corrected chi connectivity index (χ3v) is 2.80. The van der Waals surface area contributed by atoms with E-state index in [2.05, 4.69) is 26.0 Å². The van der Waals surface area contributed by atoms with Crippen LogP contribution in [0.3, 0.4) is 0 Å². The van der Waals surface area contributed by atoms with Crippen molar-refractivity contribution in [1.29, 1.82) is 0 Å². The molecule has 0 saturated carbocycles. The van der Waals surface area contributed by atoms with Crippen molar-refractivity contribution in [3.8, 4) is 0 Å². The lowest BCUT2D eigenvalue weighted by atomic mass is 10.1. The van der Waals surface area contributed by atoms with E-state index >= 15 is 0 Å². The van der Waals surface area contributed by atoms with Crippen molar-refractivity contribution in [2.24, 2.45) is 0 Å². The fourth-order valence-electron chi connectivity index (χ4n) is 1.71. The Labute approximate surface area is 133 Å². The zero-order valence-electron chi connectivity index (χ0n) is 12.6. The lowest BCUT2D eigenvalue weighted by molar-refractivity contribution is 0.0523. The molecule has 1 amide bonds. The summed E-state index contributed by atoms with van der Waals surface area (Å²) >= 11 is 6.01. The van der Waals surface area contributed by atoms with Gasteiger partial charge in [-0.2, -0.15) is 0 Å². The van der Waals surface area contributed by atoms with Gasteiger partial charge in [0.05, 0.1) is 6.20 Å². The van der Waals surface area contributed by atoms with Gasteiger partial charge in [-0.1, -0.05) is 16.8 Å². The van der Waals surface area contributed by atoms with Crippen LogP contribution in [0.25, 0.3) is 0 Å². The van der Waals surface area contributed by atoms with Crippen molar-refractivity contribution in [2.75, 3.05) is 5.32 Å². The molecule has 2 rings (SSSR count). The number of anilines is 2. The van der Waals surface area contributed by atoms with E-state index in [1.807, 2.05) is 26.8 Å². The number of carbonyl (C=O) groups excluding carboxylic acids is 1. The lowest BCUT2D eigenvalue weighted by Crippen LogP contribution is -2.32. The Balaban J connectivity index is 2.06. The van der Waals surface area contributed by atoms with Crippen LogP contribution in [0.5, 0.6) is 0 Å². The molecule has 0 fully saturated rings. The predicted molar refractivity (Wildman–Crippen MR) is 84.2 cm³/mol. The van der Waals surface area contributed by atoms with Crippen molar-refractivity contribution in [2.45, 2.75) is 32.9 Å². The molecule has 0 aliphatic carbocycles. The Kier molecular flexibility index (Phi) is 4.87. The average molecular weight is 324 g/mol. The van der Waals surface area contributed by atoms with Crippen molar-refractivity contribution >= 4 is 29.2 Å². The minimum Gasteiger partial charge on any atom is -0.444 e. The maximum Gasteiger partial charge on any atom is 0.407 e. The number of halogens is 1. The number of nitrogens with one attached hydrogen (secondary N) is 3. The number of hydrogen-bond donors (Lipinski definition) is 3. The topological polar surface area (TPSA) is 91.9 Å². The van der Waals surface area contributed by atoms with Crippen LogP contribution in [-0.4, -0.2) is 27.1 Å². The van der Waals surface area contributed by atoms with Gasteiger partial charge in [0, 0.05) is 17.3 Å². The van der Waals surface area contributed by atoms with Gasteiger partial charge in [-0.05, 0) is 44.5 Å². The number of aromatic amines is 1. The first-order chi connectivity index (χ1) is 10.3. The lowest BCUT2D eigenvalue weighted by Gasteiger charge is -2.20. The third kappa shape index (κ3) is 4.92. The first kappa shape index (κ1) is 16.1. The van der Waals surface area contributed by atoms with Crippen molar-refractivity contribution < 1.29 is 9.53 Å². The molecule has 0 spiro atoms. The van der Waals surface area contributed by atoms with Gasteiger partial charge in [0.15, 0.2) is 5.82 Å². The van der Waals surface area contributed by atoms with Gasteiger partial charge in [-0.25, -0.2) is 4.79 Å². The third-order valence-electron chi connectivity index (χ3n) is 2.57. The maximum absolute atomic E-state index is 11.7. The van der Waals surface area contributed by atoms with Crippen LogP contribution in [0, 0.1) is 0 Å². The second-order valence-corrected chi connectivity index (χ2v) is 6.08. The van der Waals surface area contributed by atoms with Crippen molar-refractivity contribution in [1.82, 2.24) is 20.7 Å². The number of nitrogens with zero attached hydrogens (tertiary/aromatic N) is 2. The van der Waals surface area contributed by atoms with Gasteiger partial charge in [0.2, 0.25) is 0 Å². The number of hydrogen-bond acceptors (Lipinski definition) is 5. The quantitative estimate of drug-likeness (QED) is 0.803. The summed E-state index contributed by atoms with van der Waals surface area (Å²) in [5, 5.41) is 16.5. The Morgan fingerprint density at radius 2 is 2.18 bits per heavy atom. The molecular formula is C14H18ClN5O2. The van der Waals surface area contributed by atoms with Crippen LogP contribution in [-0.2, 0) is 11.3 Å². The monoisotopic (exact) mass is 323 g/mol. The highest BCUT2D eigenvalue weighted by Gasteiger charge is 2.16. The van der Waals surface area contributed by atoms with Gasteiger partial charge >= 0.3 is 6.09 Å². The van der Waals surface area contributed by atoms with E-state index < -0.39 is 11.7 Å². The fourth-order valence-corrected chi connectivity index (χ4v) is 1.91. The molecule has 0 bridgehead atoms. The number of aromatic nitrogens is 3. The Morgan fingerprint density at radius 3 is 2.82 bits per heavy atom. The largest absolute Gasteiger partial charge is 0.444 e. The van der Waals surface area contributed by atoms with Crippen LogP contribution in [0.2, 0.25) is 5.02 Å². The summed E-state index contributed by atoms with van der Waals surface area (Å²) in [5.74, 6) is 0.570. The molecule has 0 atom stereocenters. The minimum absolute atomic E-state index is 0.273. The molecule has 0 unspecified atom stereocenters. The number of H-pyrrole nitrogens is 1. The molecule has 22 heavy (non-hydrogen) atoms. The summed E-state index contributed by atoms with van der Waals surface area (Å²) in [6.07, 6.45) is 1.14. The fraction of sp³-hybridized carbons (Fsp3) is 0.357. The van der Waals surface area contributed by atoms with Crippen LogP contribution in [0.1, 0.15) is 26.3 Å². The number of benzene rings is 1. The summed E-state index contributed by atoms with van der Waals surface area (Å²) in [6, 6.07) is 5.32. The Morgan fingerprint density at radius 1 is 1.41 bits per heavy atom. The van der Waals surface area contributed by atoms with Gasteiger partial charge < -0.3 is 15.4 Å². The molecule has 7 nitrogen and oxygen atoms in total. The highest BCUT2D eigenvalue weighted by atomic mass is 35.5. The molecule has 1 aromatic carbocycles. The van der Waals surface area contributed by atoms with E-state index in [0.717, 1.165) is 11.3 Å². The number of rotatable bonds is 4. The smallest absolute Gasteiger partial charge is 0.407 e. The van der Waals surface area contributed by atoms with Gasteiger partial charge in [0.1, 0.15) is 5.60 Å². The van der Waals surface area contributed by atoms with Crippen molar-refractivity contribution in [3.05, 3.63) is 35.0 Å². The zero-order chi connectivity index (χ0) is 16.2. The summed E-state index contributed by atoms with van der Waals surface area (Å²) in [4.78, 5) is 11.7. The Hall–Kier alpha value is -2.28. The summed E-state index contributed by atoms with van der Waals surface area (Å²) < 4.78 is 5.20.